The molecule has 1 saturated carbocycles. The molecular formula is C15H16N2OS2. The highest BCUT2D eigenvalue weighted by atomic mass is 32.2. The van der Waals surface area contributed by atoms with Crippen molar-refractivity contribution in [3.05, 3.63) is 40.5 Å². The normalized spacial score (nSPS) is 17.8. The SMILES string of the molecule is O=C(NC1CC1)c1c(-n2cccc2)sc2c1CCSC2. The smallest absolute Gasteiger partial charge is 0.254 e. The van der Waals surface area contributed by atoms with Gasteiger partial charge in [0.2, 0.25) is 0 Å². The maximum atomic E-state index is 12.6. The molecule has 2 aliphatic rings. The molecule has 20 heavy (non-hydrogen) atoms. The Hall–Kier alpha value is -1.20. The average Bonchev–Trinajstić information content (AvgIpc) is 2.99. The number of carbonyl (C=O) groups is 1. The van der Waals surface area contributed by atoms with Crippen molar-refractivity contribution in [3.63, 3.8) is 0 Å². The van der Waals surface area contributed by atoms with E-state index in [4.69, 9.17) is 0 Å². The van der Waals surface area contributed by atoms with Gasteiger partial charge in [-0.1, -0.05) is 0 Å². The molecule has 0 radical (unpaired) electrons. The second kappa shape index (κ2) is 4.97. The van der Waals surface area contributed by atoms with Gasteiger partial charge < -0.3 is 9.88 Å². The van der Waals surface area contributed by atoms with Crippen LogP contribution < -0.4 is 5.32 Å². The monoisotopic (exact) mass is 304 g/mol. The number of hydrogen-bond acceptors (Lipinski definition) is 3. The van der Waals surface area contributed by atoms with Crippen LogP contribution >= 0.6 is 23.1 Å². The summed E-state index contributed by atoms with van der Waals surface area (Å²) in [6.45, 7) is 0. The highest BCUT2D eigenvalue weighted by molar-refractivity contribution is 7.98. The van der Waals surface area contributed by atoms with Gasteiger partial charge in [-0.15, -0.1) is 11.3 Å². The first-order chi connectivity index (χ1) is 9.83. The van der Waals surface area contributed by atoms with Crippen LogP contribution in [0.5, 0.6) is 0 Å². The fourth-order valence-corrected chi connectivity index (χ4v) is 5.03. The minimum absolute atomic E-state index is 0.126. The van der Waals surface area contributed by atoms with Gasteiger partial charge in [0.1, 0.15) is 5.00 Å². The van der Waals surface area contributed by atoms with Gasteiger partial charge in [0.05, 0.1) is 5.56 Å². The lowest BCUT2D eigenvalue weighted by atomic mass is 10.1. The molecule has 1 fully saturated rings. The summed E-state index contributed by atoms with van der Waals surface area (Å²) < 4.78 is 2.08. The Morgan fingerprint density at radius 3 is 2.85 bits per heavy atom. The molecule has 3 heterocycles. The van der Waals surface area contributed by atoms with Gasteiger partial charge in [0, 0.05) is 29.1 Å². The number of nitrogens with zero attached hydrogens (tertiary/aromatic N) is 1. The number of carbonyl (C=O) groups excluding carboxylic acids is 1. The predicted octanol–water partition coefficient (Wildman–Crippen LogP) is 3.22. The highest BCUT2D eigenvalue weighted by Gasteiger charge is 2.30. The zero-order valence-electron chi connectivity index (χ0n) is 11.1. The summed E-state index contributed by atoms with van der Waals surface area (Å²) in [4.78, 5) is 14.0. The molecule has 0 aromatic carbocycles. The van der Waals surface area contributed by atoms with E-state index in [-0.39, 0.29) is 5.91 Å². The lowest BCUT2D eigenvalue weighted by molar-refractivity contribution is 0.0950. The molecule has 4 rings (SSSR count). The lowest BCUT2D eigenvalue weighted by Gasteiger charge is -2.13. The van der Waals surface area contributed by atoms with Crippen molar-refractivity contribution in [2.45, 2.75) is 31.1 Å². The zero-order chi connectivity index (χ0) is 13.5. The standard InChI is InChI=1S/C15H16N2OS2/c18-14(16-10-3-4-10)13-11-5-8-19-9-12(11)20-15(13)17-6-1-2-7-17/h1-2,6-7,10H,3-5,8-9H2,(H,16,18). The van der Waals surface area contributed by atoms with E-state index in [0.29, 0.717) is 6.04 Å². The molecule has 0 spiro atoms. The molecule has 1 aliphatic heterocycles. The van der Waals surface area contributed by atoms with Crippen LogP contribution in [0, 0.1) is 0 Å². The van der Waals surface area contributed by atoms with Gasteiger partial charge >= 0.3 is 0 Å². The summed E-state index contributed by atoms with van der Waals surface area (Å²) in [7, 11) is 0. The van der Waals surface area contributed by atoms with Crippen molar-refractivity contribution in [2.24, 2.45) is 0 Å². The molecule has 0 atom stereocenters. The molecule has 104 valence electrons. The Morgan fingerprint density at radius 2 is 2.10 bits per heavy atom. The number of fused-ring (bicyclic) bond motifs is 1. The summed E-state index contributed by atoms with van der Waals surface area (Å²) >= 11 is 3.74. The fraction of sp³-hybridized carbons (Fsp3) is 0.400. The van der Waals surface area contributed by atoms with Crippen LogP contribution in [0.4, 0.5) is 0 Å². The van der Waals surface area contributed by atoms with E-state index in [2.05, 4.69) is 9.88 Å². The maximum absolute atomic E-state index is 12.6. The zero-order valence-corrected chi connectivity index (χ0v) is 12.7. The van der Waals surface area contributed by atoms with E-state index >= 15 is 0 Å². The molecular weight excluding hydrogens is 288 g/mol. The summed E-state index contributed by atoms with van der Waals surface area (Å²) in [6, 6.07) is 4.43. The Labute approximate surface area is 126 Å². The first-order valence-electron chi connectivity index (χ1n) is 6.99. The van der Waals surface area contributed by atoms with Gasteiger partial charge in [0.25, 0.3) is 5.91 Å². The van der Waals surface area contributed by atoms with E-state index in [9.17, 15) is 4.79 Å². The number of thioether (sulfide) groups is 1. The molecule has 2 aromatic rings. The molecule has 1 amide bonds. The molecule has 1 aliphatic carbocycles. The quantitative estimate of drug-likeness (QED) is 0.944. The number of nitrogens with one attached hydrogen (secondary N) is 1. The molecule has 2 aromatic heterocycles. The second-order valence-corrected chi connectivity index (χ2v) is 7.51. The third-order valence-electron chi connectivity index (χ3n) is 3.78. The Kier molecular flexibility index (Phi) is 3.11. The van der Waals surface area contributed by atoms with Crippen LogP contribution in [0.3, 0.4) is 0 Å². The number of thiophene rings is 1. The molecule has 0 unspecified atom stereocenters. The van der Waals surface area contributed by atoms with Gasteiger partial charge in [-0.2, -0.15) is 11.8 Å². The van der Waals surface area contributed by atoms with Gasteiger partial charge in [0.15, 0.2) is 0 Å². The number of hydrogen-bond donors (Lipinski definition) is 1. The molecule has 0 bridgehead atoms. The van der Waals surface area contributed by atoms with E-state index in [1.54, 1.807) is 11.3 Å². The van der Waals surface area contributed by atoms with Gasteiger partial charge in [-0.3, -0.25) is 4.79 Å². The van der Waals surface area contributed by atoms with Crippen molar-refractivity contribution < 1.29 is 4.79 Å². The molecule has 1 N–H and O–H groups in total. The fourth-order valence-electron chi connectivity index (χ4n) is 2.59. The largest absolute Gasteiger partial charge is 0.349 e. The minimum Gasteiger partial charge on any atom is -0.349 e. The lowest BCUT2D eigenvalue weighted by Crippen LogP contribution is -2.27. The molecule has 0 saturated heterocycles. The van der Waals surface area contributed by atoms with E-state index in [0.717, 1.165) is 41.3 Å². The second-order valence-electron chi connectivity index (χ2n) is 5.32. The van der Waals surface area contributed by atoms with Crippen LogP contribution in [0.2, 0.25) is 0 Å². The van der Waals surface area contributed by atoms with Crippen LogP contribution in [0.15, 0.2) is 24.5 Å². The number of aromatic nitrogens is 1. The van der Waals surface area contributed by atoms with Gasteiger partial charge in [-0.25, -0.2) is 0 Å². The van der Waals surface area contributed by atoms with Gasteiger partial charge in [-0.05, 0) is 42.7 Å². The first-order valence-corrected chi connectivity index (χ1v) is 8.96. The van der Waals surface area contributed by atoms with E-state index in [1.807, 2.05) is 36.3 Å². The Bertz CT molecular complexity index is 641. The van der Waals surface area contributed by atoms with Crippen LogP contribution in [0.1, 0.15) is 33.6 Å². The van der Waals surface area contributed by atoms with Crippen molar-refractivity contribution in [1.29, 1.82) is 0 Å². The third-order valence-corrected chi connectivity index (χ3v) is 6.19. The van der Waals surface area contributed by atoms with Crippen LogP contribution in [0.25, 0.3) is 5.00 Å². The summed E-state index contributed by atoms with van der Waals surface area (Å²) in [5.74, 6) is 2.30. The van der Waals surface area contributed by atoms with Crippen molar-refractivity contribution in [3.8, 4) is 5.00 Å². The third kappa shape index (κ3) is 2.19. The summed E-state index contributed by atoms with van der Waals surface area (Å²) in [5, 5.41) is 4.24. The first kappa shape index (κ1) is 12.5. The number of rotatable bonds is 3. The van der Waals surface area contributed by atoms with Crippen LogP contribution in [-0.2, 0) is 12.2 Å². The van der Waals surface area contributed by atoms with E-state index in [1.165, 1.54) is 10.4 Å². The van der Waals surface area contributed by atoms with Crippen LogP contribution in [-0.4, -0.2) is 22.3 Å². The van der Waals surface area contributed by atoms with E-state index < -0.39 is 0 Å². The topological polar surface area (TPSA) is 34.0 Å². The Morgan fingerprint density at radius 1 is 1.30 bits per heavy atom. The number of amides is 1. The summed E-state index contributed by atoms with van der Waals surface area (Å²) in [5.41, 5.74) is 2.21. The predicted molar refractivity (Wildman–Crippen MR) is 84.0 cm³/mol. The summed E-state index contributed by atoms with van der Waals surface area (Å²) in [6.07, 6.45) is 7.33. The maximum Gasteiger partial charge on any atom is 0.254 e. The average molecular weight is 304 g/mol. The molecule has 3 nitrogen and oxygen atoms in total. The molecule has 5 heteroatoms. The highest BCUT2D eigenvalue weighted by Crippen LogP contribution is 2.38. The Balaban J connectivity index is 1.80. The van der Waals surface area contributed by atoms with Crippen molar-refractivity contribution >= 4 is 29.0 Å². The van der Waals surface area contributed by atoms with Crippen molar-refractivity contribution in [2.75, 3.05) is 5.75 Å². The van der Waals surface area contributed by atoms with Crippen molar-refractivity contribution in [1.82, 2.24) is 9.88 Å². The minimum atomic E-state index is 0.126.